The lowest BCUT2D eigenvalue weighted by Gasteiger charge is -2.66. The Morgan fingerprint density at radius 3 is 1.97 bits per heavy atom. The second kappa shape index (κ2) is 7.22. The number of Topliss-reactive ketones (excluding diaryl/α,β-unsaturated/α-hetero) is 1. The van der Waals surface area contributed by atoms with E-state index in [0.29, 0.717) is 11.5 Å². The topological polar surface area (TPSA) is 89.9 Å². The van der Waals surface area contributed by atoms with Crippen LogP contribution in [0.1, 0.15) is 51.3 Å². The van der Waals surface area contributed by atoms with Gasteiger partial charge in [0.25, 0.3) is 0 Å². The fraction of sp³-hybridized carbons (Fsp3) is 0.591. The van der Waals surface area contributed by atoms with Gasteiger partial charge in [-0.1, -0.05) is 26.0 Å². The van der Waals surface area contributed by atoms with E-state index in [-0.39, 0.29) is 35.7 Å². The number of carbonyl (C=O) groups is 3. The number of nitrogens with zero attached hydrogens (tertiary/aromatic N) is 2. The predicted octanol–water partition coefficient (Wildman–Crippen LogP) is 2.50. The summed E-state index contributed by atoms with van der Waals surface area (Å²) in [5, 5.41) is 11.4. The average Bonchev–Trinajstić information content (AvgIpc) is 2.70. The Bertz CT molecular complexity index is 793. The summed E-state index contributed by atoms with van der Waals surface area (Å²) in [5.41, 5.74) is 1.36. The number of hydrogen-bond donors (Lipinski definition) is 2. The van der Waals surface area contributed by atoms with Crippen molar-refractivity contribution in [2.75, 3.05) is 31.5 Å². The van der Waals surface area contributed by atoms with Crippen molar-refractivity contribution in [2.24, 2.45) is 10.8 Å². The quantitative estimate of drug-likeness (QED) is 0.732. The van der Waals surface area contributed by atoms with E-state index < -0.39 is 5.97 Å². The monoisotopic (exact) mass is 399 g/mol. The number of carbonyl (C=O) groups excluding carboxylic acids is 2. The maximum absolute atomic E-state index is 13.2. The summed E-state index contributed by atoms with van der Waals surface area (Å²) in [6.45, 7) is 7.54. The molecule has 4 bridgehead atoms. The molecule has 0 atom stereocenters. The van der Waals surface area contributed by atoms with Crippen LogP contribution in [-0.2, 0) is 14.4 Å². The minimum Gasteiger partial charge on any atom is -0.481 e. The van der Waals surface area contributed by atoms with E-state index in [0.717, 1.165) is 44.6 Å². The highest BCUT2D eigenvalue weighted by molar-refractivity contribution is 5.93. The highest BCUT2D eigenvalue weighted by atomic mass is 16.4. The van der Waals surface area contributed by atoms with Crippen molar-refractivity contribution in [3.05, 3.63) is 29.8 Å². The lowest BCUT2D eigenvalue weighted by Crippen LogP contribution is -2.76. The number of carboxylic acid groups (broad SMARTS) is 1. The van der Waals surface area contributed by atoms with Gasteiger partial charge in [0.2, 0.25) is 5.91 Å². The second-order valence-corrected chi connectivity index (χ2v) is 8.84. The van der Waals surface area contributed by atoms with Gasteiger partial charge in [0.15, 0.2) is 0 Å². The highest BCUT2D eigenvalue weighted by Gasteiger charge is 2.64. The Hall–Kier alpha value is -2.25. The van der Waals surface area contributed by atoms with E-state index >= 15 is 0 Å². The van der Waals surface area contributed by atoms with E-state index in [4.69, 9.17) is 5.11 Å². The van der Waals surface area contributed by atoms with Crippen molar-refractivity contribution in [1.29, 1.82) is 0 Å². The fourth-order valence-corrected chi connectivity index (χ4v) is 5.57. The number of ketones is 1. The molecule has 1 amide bonds. The Kier molecular flexibility index (Phi) is 4.99. The summed E-state index contributed by atoms with van der Waals surface area (Å²) < 4.78 is 0. The summed E-state index contributed by atoms with van der Waals surface area (Å²) in [6, 6.07) is 7.80. The van der Waals surface area contributed by atoms with Crippen molar-refractivity contribution in [3.8, 4) is 0 Å². The summed E-state index contributed by atoms with van der Waals surface area (Å²) in [5.74, 6) is -0.801. The molecular formula is C22H29N3O4. The van der Waals surface area contributed by atoms with Gasteiger partial charge in [0.1, 0.15) is 5.78 Å². The van der Waals surface area contributed by atoms with E-state index in [1.54, 1.807) is 0 Å². The lowest BCUT2D eigenvalue weighted by molar-refractivity contribution is -0.204. The van der Waals surface area contributed by atoms with Gasteiger partial charge < -0.3 is 10.4 Å². The molecule has 4 fully saturated rings. The molecule has 5 rings (SSSR count). The van der Waals surface area contributed by atoms with Gasteiger partial charge >= 0.3 is 5.97 Å². The molecule has 7 nitrogen and oxygen atoms in total. The molecular weight excluding hydrogens is 370 g/mol. The number of anilines is 1. The number of rotatable bonds is 7. The van der Waals surface area contributed by atoms with Gasteiger partial charge in [-0.2, -0.15) is 0 Å². The molecule has 29 heavy (non-hydrogen) atoms. The zero-order valence-corrected chi connectivity index (χ0v) is 17.1. The third-order valence-corrected chi connectivity index (χ3v) is 7.09. The van der Waals surface area contributed by atoms with Crippen LogP contribution >= 0.6 is 0 Å². The van der Waals surface area contributed by atoms with Crippen molar-refractivity contribution in [2.45, 2.75) is 45.7 Å². The van der Waals surface area contributed by atoms with Crippen molar-refractivity contribution in [3.63, 3.8) is 0 Å². The van der Waals surface area contributed by atoms with Crippen molar-refractivity contribution in [1.82, 2.24) is 9.80 Å². The maximum Gasteiger partial charge on any atom is 0.303 e. The molecule has 0 aromatic heterocycles. The van der Waals surface area contributed by atoms with Crippen LogP contribution in [0.4, 0.5) is 5.69 Å². The normalized spacial score (nSPS) is 35.0. The molecule has 0 aliphatic carbocycles. The summed E-state index contributed by atoms with van der Waals surface area (Å²) in [7, 11) is 0. The number of aliphatic carboxylic acids is 1. The van der Waals surface area contributed by atoms with E-state index in [1.807, 2.05) is 24.3 Å². The summed E-state index contributed by atoms with van der Waals surface area (Å²) in [6.07, 6.45) is 1.73. The van der Waals surface area contributed by atoms with E-state index in [9.17, 15) is 14.4 Å². The van der Waals surface area contributed by atoms with Crippen LogP contribution in [0.15, 0.2) is 24.3 Å². The third kappa shape index (κ3) is 3.26. The molecule has 0 unspecified atom stereocenters. The first-order valence-electron chi connectivity index (χ1n) is 10.5. The van der Waals surface area contributed by atoms with Gasteiger partial charge in [-0.3, -0.25) is 24.2 Å². The average molecular weight is 399 g/mol. The number of carboxylic acids is 1. The van der Waals surface area contributed by atoms with Gasteiger partial charge in [-0.25, -0.2) is 0 Å². The zero-order chi connectivity index (χ0) is 20.8. The molecule has 4 aliphatic heterocycles. The molecule has 7 heteroatoms. The summed E-state index contributed by atoms with van der Waals surface area (Å²) in [4.78, 5) is 40.6. The van der Waals surface area contributed by atoms with Gasteiger partial charge in [-0.05, 0) is 30.5 Å². The predicted molar refractivity (Wildman–Crippen MR) is 108 cm³/mol. The molecule has 2 N–H and O–H groups in total. The maximum atomic E-state index is 13.2. The van der Waals surface area contributed by atoms with Gasteiger partial charge in [-0.15, -0.1) is 0 Å². The van der Waals surface area contributed by atoms with Gasteiger partial charge in [0, 0.05) is 38.3 Å². The van der Waals surface area contributed by atoms with Crippen LogP contribution in [0, 0.1) is 10.8 Å². The largest absolute Gasteiger partial charge is 0.481 e. The number of amides is 1. The van der Waals surface area contributed by atoms with E-state index in [2.05, 4.69) is 29.0 Å². The molecule has 156 valence electrons. The smallest absolute Gasteiger partial charge is 0.303 e. The second-order valence-electron chi connectivity index (χ2n) is 8.84. The van der Waals surface area contributed by atoms with Crippen LogP contribution < -0.4 is 5.32 Å². The zero-order valence-electron chi connectivity index (χ0n) is 17.1. The Labute approximate surface area is 171 Å². The first-order valence-corrected chi connectivity index (χ1v) is 10.5. The van der Waals surface area contributed by atoms with Crippen molar-refractivity contribution < 1.29 is 19.5 Å². The Balaban J connectivity index is 1.50. The minimum atomic E-state index is -0.978. The molecule has 0 spiro atoms. The first kappa shape index (κ1) is 20.0. The summed E-state index contributed by atoms with van der Waals surface area (Å²) >= 11 is 0. The van der Waals surface area contributed by atoms with Crippen LogP contribution in [0.25, 0.3) is 0 Å². The third-order valence-electron chi connectivity index (χ3n) is 7.09. The SMILES string of the molecule is CCC12CN3CC(CC)(CN(C1)C3c1ccc(NC(=O)CCC(=O)O)cc1)C2=O. The molecule has 0 saturated carbocycles. The first-order chi connectivity index (χ1) is 13.8. The standard InChI is InChI=1S/C22H29N3O4/c1-3-21-11-24-13-22(4-2,20(21)29)14-25(12-21)19(24)15-5-7-16(8-6-15)23-17(26)9-10-18(27)28/h5-8,19H,3-4,9-14H2,1-2H3,(H,23,26)(H,27,28). The number of piperidine rings is 2. The molecule has 4 aliphatic rings. The lowest BCUT2D eigenvalue weighted by atomic mass is 9.58. The Morgan fingerprint density at radius 1 is 1.00 bits per heavy atom. The molecule has 1 aromatic rings. The molecule has 4 heterocycles. The highest BCUT2D eigenvalue weighted by Crippen LogP contribution is 2.54. The molecule has 0 radical (unpaired) electrons. The number of nitrogens with one attached hydrogen (secondary N) is 1. The molecule has 4 saturated heterocycles. The minimum absolute atomic E-state index is 0.0342. The van der Waals surface area contributed by atoms with Crippen LogP contribution in [0.5, 0.6) is 0 Å². The van der Waals surface area contributed by atoms with E-state index in [1.165, 1.54) is 0 Å². The fourth-order valence-electron chi connectivity index (χ4n) is 5.57. The van der Waals surface area contributed by atoms with Crippen molar-refractivity contribution >= 4 is 23.3 Å². The Morgan fingerprint density at radius 2 is 1.52 bits per heavy atom. The molecule has 1 aromatic carbocycles. The van der Waals surface area contributed by atoms with Crippen LogP contribution in [-0.4, -0.2) is 58.7 Å². The number of hydrogen-bond acceptors (Lipinski definition) is 5. The van der Waals surface area contributed by atoms with Crippen LogP contribution in [0.3, 0.4) is 0 Å². The van der Waals surface area contributed by atoms with Crippen LogP contribution in [0.2, 0.25) is 0 Å². The van der Waals surface area contributed by atoms with Gasteiger partial charge in [0.05, 0.1) is 23.4 Å². The number of benzene rings is 1.